The molecule has 1 aliphatic rings. The standard InChI is InChI=1S/C13H15ClN2O5S/c1-21-13(18)8-4-5-9(14)11(7-8)22(19,20)16-6-2-3-10(16)12(15)17/h4-5,7,10H,2-3,6H2,1H3,(H2,15,17)/t10-/m0/s1. The molecule has 120 valence electrons. The first-order chi connectivity index (χ1) is 10.3. The fourth-order valence-electron chi connectivity index (χ4n) is 2.38. The van der Waals surface area contributed by atoms with Crippen molar-refractivity contribution >= 4 is 33.5 Å². The van der Waals surface area contributed by atoms with Crippen molar-refractivity contribution in [3.63, 3.8) is 0 Å². The molecule has 22 heavy (non-hydrogen) atoms. The number of hydrogen-bond donors (Lipinski definition) is 1. The normalized spacial score (nSPS) is 19.1. The summed E-state index contributed by atoms with van der Waals surface area (Å²) in [7, 11) is -2.85. The molecule has 2 N–H and O–H groups in total. The van der Waals surface area contributed by atoms with Gasteiger partial charge in [-0.3, -0.25) is 4.79 Å². The van der Waals surface area contributed by atoms with Crippen molar-refractivity contribution in [2.45, 2.75) is 23.8 Å². The maximum Gasteiger partial charge on any atom is 0.337 e. The summed E-state index contributed by atoms with van der Waals surface area (Å²) >= 11 is 5.96. The van der Waals surface area contributed by atoms with Crippen LogP contribution < -0.4 is 5.73 Å². The first-order valence-electron chi connectivity index (χ1n) is 6.48. The quantitative estimate of drug-likeness (QED) is 0.810. The van der Waals surface area contributed by atoms with Gasteiger partial charge in [0, 0.05) is 6.54 Å². The number of primary amides is 1. The van der Waals surface area contributed by atoms with E-state index >= 15 is 0 Å². The maximum absolute atomic E-state index is 12.7. The second kappa shape index (κ2) is 6.23. The Morgan fingerprint density at radius 3 is 2.68 bits per heavy atom. The highest BCUT2D eigenvalue weighted by molar-refractivity contribution is 7.89. The Morgan fingerprint density at radius 1 is 1.41 bits per heavy atom. The van der Waals surface area contributed by atoms with Gasteiger partial charge in [0.2, 0.25) is 15.9 Å². The zero-order valence-corrected chi connectivity index (χ0v) is 13.4. The van der Waals surface area contributed by atoms with Crippen LogP contribution in [0.15, 0.2) is 23.1 Å². The molecule has 0 bridgehead atoms. The number of benzene rings is 1. The summed E-state index contributed by atoms with van der Waals surface area (Å²) in [4.78, 5) is 22.7. The third-order valence-electron chi connectivity index (χ3n) is 3.47. The molecule has 1 fully saturated rings. The topological polar surface area (TPSA) is 107 Å². The summed E-state index contributed by atoms with van der Waals surface area (Å²) < 4.78 is 31.0. The monoisotopic (exact) mass is 346 g/mol. The average Bonchev–Trinajstić information content (AvgIpc) is 2.97. The number of esters is 1. The highest BCUT2D eigenvalue weighted by Crippen LogP contribution is 2.31. The van der Waals surface area contributed by atoms with Gasteiger partial charge in [-0.15, -0.1) is 0 Å². The van der Waals surface area contributed by atoms with Crippen molar-refractivity contribution in [2.75, 3.05) is 13.7 Å². The fraction of sp³-hybridized carbons (Fsp3) is 0.385. The number of carbonyl (C=O) groups is 2. The van der Waals surface area contributed by atoms with E-state index in [2.05, 4.69) is 4.74 Å². The van der Waals surface area contributed by atoms with Crippen LogP contribution in [0, 0.1) is 0 Å². The number of ether oxygens (including phenoxy) is 1. The van der Waals surface area contributed by atoms with Gasteiger partial charge in [0.25, 0.3) is 0 Å². The fourth-order valence-corrected chi connectivity index (χ4v) is 4.55. The Bertz CT molecular complexity index is 719. The third-order valence-corrected chi connectivity index (χ3v) is 5.86. The predicted octanol–water partition coefficient (Wildman–Crippen LogP) is 0.765. The van der Waals surface area contributed by atoms with Gasteiger partial charge in [-0.2, -0.15) is 4.31 Å². The van der Waals surface area contributed by atoms with E-state index in [1.54, 1.807) is 0 Å². The molecule has 0 saturated carbocycles. The zero-order valence-electron chi connectivity index (χ0n) is 11.8. The lowest BCUT2D eigenvalue weighted by molar-refractivity contribution is -0.121. The van der Waals surface area contributed by atoms with E-state index < -0.39 is 27.9 Å². The third kappa shape index (κ3) is 2.94. The zero-order chi connectivity index (χ0) is 16.5. The first kappa shape index (κ1) is 16.7. The highest BCUT2D eigenvalue weighted by atomic mass is 35.5. The Labute approximate surface area is 133 Å². The number of halogens is 1. The van der Waals surface area contributed by atoms with Crippen LogP contribution in [-0.2, 0) is 19.6 Å². The van der Waals surface area contributed by atoms with Crippen LogP contribution in [0.25, 0.3) is 0 Å². The van der Waals surface area contributed by atoms with Gasteiger partial charge in [-0.1, -0.05) is 11.6 Å². The smallest absolute Gasteiger partial charge is 0.337 e. The molecule has 0 unspecified atom stereocenters. The SMILES string of the molecule is COC(=O)c1ccc(Cl)c(S(=O)(=O)N2CCC[C@H]2C(N)=O)c1. The van der Waals surface area contributed by atoms with Gasteiger partial charge in [0.15, 0.2) is 0 Å². The average molecular weight is 347 g/mol. The van der Waals surface area contributed by atoms with E-state index in [-0.39, 0.29) is 22.0 Å². The van der Waals surface area contributed by atoms with Gasteiger partial charge in [0.05, 0.1) is 17.7 Å². The van der Waals surface area contributed by atoms with E-state index in [1.165, 1.54) is 19.2 Å². The summed E-state index contributed by atoms with van der Waals surface area (Å²) in [5.74, 6) is -1.39. The molecule has 7 nitrogen and oxygen atoms in total. The summed E-state index contributed by atoms with van der Waals surface area (Å²) in [5.41, 5.74) is 5.30. The van der Waals surface area contributed by atoms with Gasteiger partial charge < -0.3 is 10.5 Å². The number of amides is 1. The lowest BCUT2D eigenvalue weighted by atomic mass is 10.2. The number of methoxy groups -OCH3 is 1. The van der Waals surface area contributed by atoms with Crippen molar-refractivity contribution in [1.29, 1.82) is 0 Å². The Morgan fingerprint density at radius 2 is 2.09 bits per heavy atom. The number of hydrogen-bond acceptors (Lipinski definition) is 5. The van der Waals surface area contributed by atoms with Gasteiger partial charge in [-0.05, 0) is 31.0 Å². The molecule has 0 radical (unpaired) electrons. The van der Waals surface area contributed by atoms with Crippen LogP contribution in [0.1, 0.15) is 23.2 Å². The molecule has 1 amide bonds. The number of carbonyl (C=O) groups excluding carboxylic acids is 2. The summed E-state index contributed by atoms with van der Waals surface area (Å²) in [5, 5.41) is -0.0391. The van der Waals surface area contributed by atoms with Crippen LogP contribution in [-0.4, -0.2) is 44.3 Å². The molecule has 0 spiro atoms. The molecule has 1 aromatic rings. The number of nitrogens with two attached hydrogens (primary N) is 1. The largest absolute Gasteiger partial charge is 0.465 e. The van der Waals surface area contributed by atoms with E-state index in [9.17, 15) is 18.0 Å². The van der Waals surface area contributed by atoms with Crippen molar-refractivity contribution in [3.8, 4) is 0 Å². The molecular weight excluding hydrogens is 332 g/mol. The second-order valence-corrected chi connectivity index (χ2v) is 7.08. The number of sulfonamides is 1. The van der Waals surface area contributed by atoms with Gasteiger partial charge >= 0.3 is 5.97 Å². The Kier molecular flexibility index (Phi) is 4.74. The molecule has 0 aliphatic carbocycles. The van der Waals surface area contributed by atoms with E-state index in [1.807, 2.05) is 0 Å². The molecule has 0 aromatic heterocycles. The van der Waals surface area contributed by atoms with E-state index in [0.717, 1.165) is 10.4 Å². The lowest BCUT2D eigenvalue weighted by Gasteiger charge is -2.22. The maximum atomic E-state index is 12.7. The Balaban J connectivity index is 2.49. The molecule has 2 rings (SSSR count). The molecule has 1 saturated heterocycles. The molecule has 1 atom stereocenters. The van der Waals surface area contributed by atoms with E-state index in [4.69, 9.17) is 17.3 Å². The second-order valence-electron chi connectivity index (χ2n) is 4.81. The molecule has 1 aromatic carbocycles. The van der Waals surface area contributed by atoms with Crippen LogP contribution in [0.5, 0.6) is 0 Å². The van der Waals surface area contributed by atoms with Crippen molar-refractivity contribution < 1.29 is 22.7 Å². The summed E-state index contributed by atoms with van der Waals surface area (Å²) in [6.45, 7) is 0.175. The first-order valence-corrected chi connectivity index (χ1v) is 8.30. The Hall–Kier alpha value is -1.64. The minimum Gasteiger partial charge on any atom is -0.465 e. The minimum atomic E-state index is -4.04. The van der Waals surface area contributed by atoms with Crippen molar-refractivity contribution in [3.05, 3.63) is 28.8 Å². The van der Waals surface area contributed by atoms with Gasteiger partial charge in [0.1, 0.15) is 10.9 Å². The lowest BCUT2D eigenvalue weighted by Crippen LogP contribution is -2.43. The van der Waals surface area contributed by atoms with Crippen LogP contribution in [0.4, 0.5) is 0 Å². The van der Waals surface area contributed by atoms with Crippen molar-refractivity contribution in [1.82, 2.24) is 4.31 Å². The number of rotatable bonds is 4. The highest BCUT2D eigenvalue weighted by Gasteiger charge is 2.39. The molecular formula is C13H15ClN2O5S. The van der Waals surface area contributed by atoms with Crippen LogP contribution >= 0.6 is 11.6 Å². The predicted molar refractivity (Wildman–Crippen MR) is 78.9 cm³/mol. The van der Waals surface area contributed by atoms with Crippen LogP contribution in [0.3, 0.4) is 0 Å². The molecule has 1 aliphatic heterocycles. The minimum absolute atomic E-state index is 0.0391. The summed E-state index contributed by atoms with van der Waals surface area (Å²) in [6, 6.07) is 2.90. The molecule has 9 heteroatoms. The van der Waals surface area contributed by atoms with Crippen molar-refractivity contribution in [2.24, 2.45) is 5.73 Å². The van der Waals surface area contributed by atoms with E-state index in [0.29, 0.717) is 12.8 Å². The summed E-state index contributed by atoms with van der Waals surface area (Å²) in [6.07, 6.45) is 0.893. The molecule has 1 heterocycles. The number of nitrogens with zero attached hydrogens (tertiary/aromatic N) is 1. The van der Waals surface area contributed by atoms with Crippen LogP contribution in [0.2, 0.25) is 5.02 Å². The van der Waals surface area contributed by atoms with Gasteiger partial charge in [-0.25, -0.2) is 13.2 Å².